The van der Waals surface area contributed by atoms with E-state index in [0.29, 0.717) is 21.5 Å². The average molecular weight is 394 g/mol. The van der Waals surface area contributed by atoms with E-state index >= 15 is 0 Å². The third-order valence-electron chi connectivity index (χ3n) is 3.79. The van der Waals surface area contributed by atoms with Crippen LogP contribution in [0.25, 0.3) is 16.3 Å². The van der Waals surface area contributed by atoms with Gasteiger partial charge in [0, 0.05) is 5.56 Å². The van der Waals surface area contributed by atoms with Crippen LogP contribution >= 0.6 is 11.3 Å². The summed E-state index contributed by atoms with van der Waals surface area (Å²) in [6, 6.07) is 11.6. The number of aromatic nitrogens is 1. The van der Waals surface area contributed by atoms with Gasteiger partial charge in [0.2, 0.25) is 0 Å². The summed E-state index contributed by atoms with van der Waals surface area (Å²) in [7, 11) is -3.84. The minimum Gasteiger partial charge on any atom is -0.487 e. The van der Waals surface area contributed by atoms with Crippen molar-refractivity contribution in [3.05, 3.63) is 57.9 Å². The van der Waals surface area contributed by atoms with Gasteiger partial charge >= 0.3 is 0 Å². The Balaban J connectivity index is 1.64. The fourth-order valence-corrected chi connectivity index (χ4v) is 4.50. The fourth-order valence-electron chi connectivity index (χ4n) is 2.57. The number of ether oxygens (including phenoxy) is 1. The zero-order valence-electron chi connectivity index (χ0n) is 13.1. The Morgan fingerprint density at radius 2 is 2.00 bits per heavy atom. The Labute approximate surface area is 152 Å². The highest BCUT2D eigenvalue weighted by molar-refractivity contribution is 7.96. The van der Waals surface area contributed by atoms with Crippen molar-refractivity contribution in [2.45, 2.75) is 6.43 Å². The van der Waals surface area contributed by atoms with Crippen molar-refractivity contribution >= 4 is 43.3 Å². The van der Waals surface area contributed by atoms with Crippen LogP contribution in [0.15, 0.2) is 47.4 Å². The molecule has 4 rings (SSSR count). The highest BCUT2D eigenvalue weighted by atomic mass is 32.2. The first-order valence-corrected chi connectivity index (χ1v) is 9.86. The molecule has 1 N–H and O–H groups in total. The molecule has 9 heteroatoms. The van der Waals surface area contributed by atoms with Gasteiger partial charge in [-0.2, -0.15) is 0 Å². The van der Waals surface area contributed by atoms with Gasteiger partial charge in [-0.15, -0.1) is 11.3 Å². The van der Waals surface area contributed by atoms with Crippen LogP contribution in [0.3, 0.4) is 0 Å². The minimum absolute atomic E-state index is 0.0787. The molecule has 1 aliphatic heterocycles. The number of rotatable bonds is 4. The van der Waals surface area contributed by atoms with Gasteiger partial charge in [-0.25, -0.2) is 22.2 Å². The molecule has 0 spiro atoms. The van der Waals surface area contributed by atoms with Crippen LogP contribution in [0.2, 0.25) is 0 Å². The summed E-state index contributed by atoms with van der Waals surface area (Å²) >= 11 is 0.837. The Morgan fingerprint density at radius 1 is 1.19 bits per heavy atom. The van der Waals surface area contributed by atoms with Crippen molar-refractivity contribution in [3.63, 3.8) is 0 Å². The number of anilines is 1. The third-order valence-corrected chi connectivity index (χ3v) is 6.25. The van der Waals surface area contributed by atoms with Gasteiger partial charge in [0.25, 0.3) is 16.4 Å². The third kappa shape index (κ3) is 3.15. The molecule has 0 saturated heterocycles. The number of sulfonamides is 1. The summed E-state index contributed by atoms with van der Waals surface area (Å²) in [5.74, 6) is 0.622. The summed E-state index contributed by atoms with van der Waals surface area (Å²) in [6.45, 7) is -0.0787. The van der Waals surface area contributed by atoms with Crippen molar-refractivity contribution < 1.29 is 21.9 Å². The van der Waals surface area contributed by atoms with Crippen molar-refractivity contribution in [3.8, 4) is 5.75 Å². The highest BCUT2D eigenvalue weighted by Gasteiger charge is 2.23. The largest absolute Gasteiger partial charge is 0.487 e. The minimum atomic E-state index is -3.84. The maximum atomic E-state index is 12.8. The van der Waals surface area contributed by atoms with E-state index in [2.05, 4.69) is 9.71 Å². The zero-order chi connectivity index (χ0) is 18.3. The number of alkyl halides is 2. The van der Waals surface area contributed by atoms with Crippen LogP contribution in [-0.4, -0.2) is 20.0 Å². The number of benzene rings is 2. The molecule has 0 bridgehead atoms. The van der Waals surface area contributed by atoms with E-state index in [1.165, 1.54) is 18.2 Å². The number of nitrogens with zero attached hydrogens (tertiary/aromatic N) is 1. The van der Waals surface area contributed by atoms with Gasteiger partial charge in [-0.3, -0.25) is 4.72 Å². The van der Waals surface area contributed by atoms with Gasteiger partial charge in [0.15, 0.2) is 5.01 Å². The molecule has 1 aliphatic rings. The average Bonchev–Trinajstić information content (AvgIpc) is 3.04. The van der Waals surface area contributed by atoms with Crippen molar-refractivity contribution in [2.75, 3.05) is 11.3 Å². The van der Waals surface area contributed by atoms with E-state index in [0.717, 1.165) is 11.3 Å². The maximum absolute atomic E-state index is 12.8. The number of halogens is 2. The molecule has 134 valence electrons. The molecule has 26 heavy (non-hydrogen) atoms. The SMILES string of the molecule is O=S(=O)(Nc1ccc2nc(C(F)F)sc2c1)C1=Cc2ccccc2OC1. The molecule has 0 aliphatic carbocycles. The molecule has 0 unspecified atom stereocenters. The van der Waals surface area contributed by atoms with E-state index in [-0.39, 0.29) is 22.2 Å². The van der Waals surface area contributed by atoms with Crippen LogP contribution < -0.4 is 9.46 Å². The molecule has 0 saturated carbocycles. The normalized spacial score (nSPS) is 14.0. The van der Waals surface area contributed by atoms with E-state index in [9.17, 15) is 17.2 Å². The summed E-state index contributed by atoms with van der Waals surface area (Å²) in [5.41, 5.74) is 1.36. The van der Waals surface area contributed by atoms with Gasteiger partial charge < -0.3 is 4.74 Å². The van der Waals surface area contributed by atoms with Crippen LogP contribution in [-0.2, 0) is 10.0 Å². The number of para-hydroxylation sites is 1. The number of nitrogens with one attached hydrogen (secondary N) is 1. The molecule has 1 aromatic heterocycles. The van der Waals surface area contributed by atoms with Crippen LogP contribution in [0.4, 0.5) is 14.5 Å². The smallest absolute Gasteiger partial charge is 0.289 e. The molecule has 0 amide bonds. The second kappa shape index (κ2) is 6.33. The van der Waals surface area contributed by atoms with Gasteiger partial charge in [-0.1, -0.05) is 18.2 Å². The molecule has 0 fully saturated rings. The first kappa shape index (κ1) is 16.9. The van der Waals surface area contributed by atoms with E-state index in [4.69, 9.17) is 4.74 Å². The summed E-state index contributed by atoms with van der Waals surface area (Å²) in [4.78, 5) is 3.92. The monoisotopic (exact) mass is 394 g/mol. The Morgan fingerprint density at radius 3 is 2.81 bits per heavy atom. The number of fused-ring (bicyclic) bond motifs is 2. The summed E-state index contributed by atoms with van der Waals surface area (Å²) in [5, 5.41) is -0.292. The van der Waals surface area contributed by atoms with Gasteiger partial charge in [-0.05, 0) is 30.3 Å². The van der Waals surface area contributed by atoms with Crippen molar-refractivity contribution in [1.82, 2.24) is 4.98 Å². The lowest BCUT2D eigenvalue weighted by Crippen LogP contribution is -2.21. The maximum Gasteiger partial charge on any atom is 0.289 e. The second-order valence-corrected chi connectivity index (χ2v) is 8.38. The highest BCUT2D eigenvalue weighted by Crippen LogP contribution is 2.32. The Hall–Kier alpha value is -2.52. The first-order valence-electron chi connectivity index (χ1n) is 7.56. The van der Waals surface area contributed by atoms with E-state index in [1.807, 2.05) is 6.07 Å². The molecular weight excluding hydrogens is 382 g/mol. The van der Waals surface area contributed by atoms with E-state index < -0.39 is 16.4 Å². The topological polar surface area (TPSA) is 68.3 Å². The second-order valence-electron chi connectivity index (χ2n) is 5.58. The fraction of sp³-hybridized carbons (Fsp3) is 0.118. The molecule has 0 radical (unpaired) electrons. The van der Waals surface area contributed by atoms with Crippen LogP contribution in [0.1, 0.15) is 17.0 Å². The quantitative estimate of drug-likeness (QED) is 0.712. The van der Waals surface area contributed by atoms with Crippen LogP contribution in [0, 0.1) is 0 Å². The molecule has 2 aromatic carbocycles. The first-order chi connectivity index (χ1) is 12.4. The predicted molar refractivity (Wildman–Crippen MR) is 97.0 cm³/mol. The molecule has 0 atom stereocenters. The Kier molecular flexibility index (Phi) is 4.12. The van der Waals surface area contributed by atoms with E-state index in [1.54, 1.807) is 24.3 Å². The summed E-state index contributed by atoms with van der Waals surface area (Å²) in [6.07, 6.45) is -1.10. The zero-order valence-corrected chi connectivity index (χ0v) is 14.8. The van der Waals surface area contributed by atoms with Crippen molar-refractivity contribution in [2.24, 2.45) is 0 Å². The molecule has 3 aromatic rings. The van der Waals surface area contributed by atoms with Crippen LogP contribution in [0.5, 0.6) is 5.75 Å². The summed E-state index contributed by atoms with van der Waals surface area (Å²) < 4.78 is 59.2. The lowest BCUT2D eigenvalue weighted by molar-refractivity contribution is 0.151. The lowest BCUT2D eigenvalue weighted by Gasteiger charge is -2.18. The number of hydrogen-bond acceptors (Lipinski definition) is 5. The molecule has 5 nitrogen and oxygen atoms in total. The number of hydrogen-bond donors (Lipinski definition) is 1. The van der Waals surface area contributed by atoms with Crippen molar-refractivity contribution in [1.29, 1.82) is 0 Å². The van der Waals surface area contributed by atoms with Gasteiger partial charge in [0.05, 0.1) is 15.9 Å². The Bertz CT molecular complexity index is 1120. The standard InChI is InChI=1S/C17H12F2N2O3S2/c18-16(19)17-20-13-6-5-11(8-15(13)25-17)21-26(22,23)12-7-10-3-1-2-4-14(10)24-9-12/h1-8,16,21H,9H2. The predicted octanol–water partition coefficient (Wildman–Crippen LogP) is 4.41. The number of thiazole rings is 1. The van der Waals surface area contributed by atoms with Gasteiger partial charge in [0.1, 0.15) is 17.3 Å². The lowest BCUT2D eigenvalue weighted by atomic mass is 10.1. The molecular formula is C17H12F2N2O3S2. The molecule has 2 heterocycles.